The molecule has 49 heavy (non-hydrogen) atoms. The number of aromatic nitrogens is 1. The van der Waals surface area contributed by atoms with Crippen molar-refractivity contribution in [2.24, 2.45) is 4.99 Å². The summed E-state index contributed by atoms with van der Waals surface area (Å²) in [5, 5.41) is 14.2. The lowest BCUT2D eigenvalue weighted by Gasteiger charge is -2.25. The zero-order valence-corrected chi connectivity index (χ0v) is 27.9. The van der Waals surface area contributed by atoms with Crippen LogP contribution in [0.25, 0.3) is 79.7 Å². The summed E-state index contributed by atoms with van der Waals surface area (Å²) in [6.45, 7) is 0. The molecule has 7 aromatic carbocycles. The monoisotopic (exact) mass is 661 g/mol. The number of fused-ring (bicyclic) bond motifs is 13. The van der Waals surface area contributed by atoms with Crippen LogP contribution in [0.4, 0.5) is 0 Å². The summed E-state index contributed by atoms with van der Waals surface area (Å²) in [6, 6.07) is 54.9. The Morgan fingerprint density at radius 2 is 1.08 bits per heavy atom. The minimum Gasteiger partial charge on any atom is -0.345 e. The molecule has 0 saturated heterocycles. The van der Waals surface area contributed by atoms with E-state index in [1.165, 1.54) is 79.2 Å². The molecule has 1 atom stereocenters. The molecule has 230 valence electrons. The maximum Gasteiger partial charge on any atom is 0.202 e. The lowest BCUT2D eigenvalue weighted by atomic mass is 10.00. The van der Waals surface area contributed by atoms with Gasteiger partial charge < -0.3 is 9.88 Å². The Morgan fingerprint density at radius 3 is 1.88 bits per heavy atom. The highest BCUT2D eigenvalue weighted by Crippen LogP contribution is 2.47. The molecule has 0 saturated carbocycles. The highest BCUT2D eigenvalue weighted by molar-refractivity contribution is 7.27. The summed E-state index contributed by atoms with van der Waals surface area (Å²) < 4.78 is 7.41. The minimum atomic E-state index is -0.352. The summed E-state index contributed by atoms with van der Waals surface area (Å²) >= 11 is 3.67. The Morgan fingerprint density at radius 1 is 0.490 bits per heavy atom. The number of para-hydroxylation sites is 1. The molecule has 1 aliphatic rings. The number of hydrogen-bond acceptors (Lipinski definition) is 4. The van der Waals surface area contributed by atoms with E-state index >= 15 is 0 Å². The molecular weight excluding hydrogens is 635 g/mol. The fourth-order valence-electron chi connectivity index (χ4n) is 7.92. The third-order valence-electron chi connectivity index (χ3n) is 10.0. The molecule has 1 N–H and O–H groups in total. The highest BCUT2D eigenvalue weighted by Gasteiger charge is 2.27. The number of thiophene rings is 2. The first-order valence-corrected chi connectivity index (χ1v) is 18.2. The second-order valence-electron chi connectivity index (χ2n) is 12.7. The van der Waals surface area contributed by atoms with E-state index in [9.17, 15) is 0 Å². The normalized spacial score (nSPS) is 14.6. The van der Waals surface area contributed by atoms with Gasteiger partial charge in [-0.2, -0.15) is 0 Å². The summed E-state index contributed by atoms with van der Waals surface area (Å²) in [5.74, 6) is 0. The molecule has 4 heterocycles. The average molecular weight is 662 g/mol. The maximum absolute atomic E-state index is 5.57. The first kappa shape index (κ1) is 27.2. The van der Waals surface area contributed by atoms with Crippen molar-refractivity contribution in [1.82, 2.24) is 9.88 Å². The van der Waals surface area contributed by atoms with Crippen LogP contribution in [0, 0.1) is 0 Å². The maximum atomic E-state index is 5.57. The van der Waals surface area contributed by atoms with Crippen LogP contribution < -0.4 is 15.2 Å². The van der Waals surface area contributed by atoms with Gasteiger partial charge in [-0.15, -0.1) is 22.7 Å². The number of nitrogens with zero attached hydrogens (tertiary/aromatic N) is 2. The van der Waals surface area contributed by atoms with Gasteiger partial charge in [0.15, 0.2) is 0 Å². The van der Waals surface area contributed by atoms with Gasteiger partial charge in [0.1, 0.15) is 4.67 Å². The molecule has 11 rings (SSSR count). The van der Waals surface area contributed by atoms with Crippen LogP contribution in [0.15, 0.2) is 157 Å². The molecule has 0 radical (unpaired) electrons. The van der Waals surface area contributed by atoms with Gasteiger partial charge >= 0.3 is 0 Å². The van der Waals surface area contributed by atoms with Gasteiger partial charge in [-0.25, -0.2) is 4.99 Å². The molecule has 0 aliphatic carbocycles. The third kappa shape index (κ3) is 3.91. The lowest BCUT2D eigenvalue weighted by Crippen LogP contribution is -2.39. The molecule has 3 aromatic heterocycles. The van der Waals surface area contributed by atoms with Crippen molar-refractivity contribution >= 4 is 91.2 Å². The SMILES string of the molecule is c1ccc(-c2ccc(C3=c4c(sc5ccccc45)=NC(n4c5ccccc5c5c6ccccc6c6sc7ccccc7c6c54)N3)cc2)cc1. The van der Waals surface area contributed by atoms with Gasteiger partial charge in [0, 0.05) is 51.6 Å². The molecule has 1 unspecified atom stereocenters. The number of nitrogens with one attached hydrogen (secondary N) is 1. The summed E-state index contributed by atoms with van der Waals surface area (Å²) in [7, 11) is 0. The van der Waals surface area contributed by atoms with E-state index in [-0.39, 0.29) is 6.29 Å². The van der Waals surface area contributed by atoms with Crippen molar-refractivity contribution in [3.05, 3.63) is 167 Å². The van der Waals surface area contributed by atoms with Gasteiger partial charge in [0.2, 0.25) is 6.29 Å². The van der Waals surface area contributed by atoms with E-state index in [4.69, 9.17) is 4.99 Å². The smallest absolute Gasteiger partial charge is 0.202 e. The molecule has 1 aliphatic heterocycles. The third-order valence-corrected chi connectivity index (χ3v) is 12.3. The van der Waals surface area contributed by atoms with Crippen LogP contribution in [0.3, 0.4) is 0 Å². The second-order valence-corrected chi connectivity index (χ2v) is 14.8. The van der Waals surface area contributed by atoms with Gasteiger partial charge in [0.25, 0.3) is 0 Å². The largest absolute Gasteiger partial charge is 0.345 e. The summed E-state index contributed by atoms with van der Waals surface area (Å²) in [4.78, 5) is 5.57. The average Bonchev–Trinajstić information content (AvgIpc) is 3.85. The Labute approximate surface area is 289 Å². The van der Waals surface area contributed by atoms with E-state index in [1.54, 1.807) is 11.3 Å². The first-order valence-electron chi connectivity index (χ1n) is 16.6. The van der Waals surface area contributed by atoms with Gasteiger partial charge in [-0.05, 0) is 40.3 Å². The Balaban J connectivity index is 1.24. The topological polar surface area (TPSA) is 29.3 Å². The zero-order valence-electron chi connectivity index (χ0n) is 26.2. The highest BCUT2D eigenvalue weighted by atomic mass is 32.1. The summed E-state index contributed by atoms with van der Waals surface area (Å²) in [5.41, 5.74) is 7.10. The predicted molar refractivity (Wildman–Crippen MR) is 209 cm³/mol. The van der Waals surface area contributed by atoms with Crippen molar-refractivity contribution < 1.29 is 0 Å². The fourth-order valence-corrected chi connectivity index (χ4v) is 10.3. The molecule has 10 aromatic rings. The molecule has 0 spiro atoms. The second kappa shape index (κ2) is 10.4. The van der Waals surface area contributed by atoms with Crippen molar-refractivity contribution in [1.29, 1.82) is 0 Å². The molecule has 0 amide bonds. The standard InChI is InChI=1S/C44H27N3S2/c1-2-12-26(13-3-1)27-22-24-28(25-23-27)40-38-32-17-7-11-21-36(32)49-43(38)46-44(45-40)47-34-19-9-6-16-31(34)37-29-14-4-5-15-30(29)42-39(41(37)47)33-18-8-10-20-35(33)48-42/h1-25,44-45H. The van der Waals surface area contributed by atoms with Crippen LogP contribution in [0.1, 0.15) is 11.9 Å². The zero-order chi connectivity index (χ0) is 32.1. The van der Waals surface area contributed by atoms with E-state index in [0.717, 1.165) is 15.9 Å². The number of rotatable bonds is 3. The van der Waals surface area contributed by atoms with Gasteiger partial charge in [-0.1, -0.05) is 133 Å². The molecule has 0 bridgehead atoms. The Hall–Kier alpha value is -5.75. The van der Waals surface area contributed by atoms with E-state index < -0.39 is 0 Å². The lowest BCUT2D eigenvalue weighted by molar-refractivity contribution is 0.494. The Kier molecular flexibility index (Phi) is 5.76. The van der Waals surface area contributed by atoms with Crippen molar-refractivity contribution in [3.8, 4) is 11.1 Å². The fraction of sp³-hybridized carbons (Fsp3) is 0.0227. The van der Waals surface area contributed by atoms with Crippen molar-refractivity contribution in [2.45, 2.75) is 6.29 Å². The van der Waals surface area contributed by atoms with E-state index in [0.29, 0.717) is 0 Å². The van der Waals surface area contributed by atoms with Crippen LogP contribution in [0.2, 0.25) is 0 Å². The van der Waals surface area contributed by atoms with Crippen LogP contribution in [0.5, 0.6) is 0 Å². The van der Waals surface area contributed by atoms with E-state index in [2.05, 4.69) is 162 Å². The van der Waals surface area contributed by atoms with Crippen molar-refractivity contribution in [3.63, 3.8) is 0 Å². The van der Waals surface area contributed by atoms with Crippen LogP contribution >= 0.6 is 22.7 Å². The van der Waals surface area contributed by atoms with Crippen LogP contribution in [-0.2, 0) is 0 Å². The van der Waals surface area contributed by atoms with E-state index in [1.807, 2.05) is 11.3 Å². The predicted octanol–water partition coefficient (Wildman–Crippen LogP) is 10.7. The molecule has 3 nitrogen and oxygen atoms in total. The molecule has 5 heteroatoms. The quantitative estimate of drug-likeness (QED) is 0.201. The Bertz CT molecular complexity index is 3080. The van der Waals surface area contributed by atoms with Gasteiger partial charge in [0.05, 0.1) is 16.7 Å². The molecular formula is C44H27N3S2. The number of hydrogen-bond donors (Lipinski definition) is 1. The first-order chi connectivity index (χ1) is 24.3. The van der Waals surface area contributed by atoms with Crippen molar-refractivity contribution in [2.75, 3.05) is 0 Å². The molecule has 0 fully saturated rings. The van der Waals surface area contributed by atoms with Gasteiger partial charge in [-0.3, -0.25) is 0 Å². The van der Waals surface area contributed by atoms with Crippen LogP contribution in [-0.4, -0.2) is 4.57 Å². The summed E-state index contributed by atoms with van der Waals surface area (Å²) in [6.07, 6.45) is -0.352. The number of benzene rings is 7. The minimum absolute atomic E-state index is 0.352.